The third-order valence-corrected chi connectivity index (χ3v) is 2.67. The van der Waals surface area contributed by atoms with Crippen LogP contribution in [-0.4, -0.2) is 30.0 Å². The highest BCUT2D eigenvalue weighted by atomic mass is 16.2. The van der Waals surface area contributed by atoms with E-state index in [1.54, 1.807) is 18.3 Å². The Morgan fingerprint density at radius 3 is 3.06 bits per heavy atom. The van der Waals surface area contributed by atoms with E-state index in [1.165, 1.54) is 4.52 Å². The summed E-state index contributed by atoms with van der Waals surface area (Å²) >= 11 is 0. The van der Waals surface area contributed by atoms with Gasteiger partial charge in [0.1, 0.15) is 5.82 Å². The SMILES string of the molecule is Cc1[nH]ncc1CNc1ccc2n[nH]c(=O)n2n1. The number of hydrogen-bond acceptors (Lipinski definition) is 5. The first-order valence-electron chi connectivity index (χ1n) is 5.41. The number of H-pyrrole nitrogens is 2. The Bertz CT molecular complexity index is 738. The van der Waals surface area contributed by atoms with Gasteiger partial charge >= 0.3 is 5.69 Å². The first kappa shape index (κ1) is 10.5. The lowest BCUT2D eigenvalue weighted by Gasteiger charge is -2.04. The van der Waals surface area contributed by atoms with Crippen molar-refractivity contribution in [2.24, 2.45) is 0 Å². The number of anilines is 1. The summed E-state index contributed by atoms with van der Waals surface area (Å²) in [7, 11) is 0. The Labute approximate surface area is 101 Å². The molecule has 0 atom stereocenters. The van der Waals surface area contributed by atoms with Gasteiger partial charge in [0, 0.05) is 17.8 Å². The third-order valence-electron chi connectivity index (χ3n) is 2.67. The van der Waals surface area contributed by atoms with Crippen LogP contribution in [0.25, 0.3) is 5.65 Å². The molecule has 3 rings (SSSR count). The van der Waals surface area contributed by atoms with Crippen molar-refractivity contribution >= 4 is 11.5 Å². The molecule has 3 heterocycles. The lowest BCUT2D eigenvalue weighted by molar-refractivity contribution is 0.875. The number of aryl methyl sites for hydroxylation is 1. The first-order chi connectivity index (χ1) is 8.74. The minimum absolute atomic E-state index is 0.354. The van der Waals surface area contributed by atoms with E-state index in [0.29, 0.717) is 18.0 Å². The molecular weight excluding hydrogens is 234 g/mol. The third kappa shape index (κ3) is 1.73. The predicted octanol–water partition coefficient (Wildman–Crippen LogP) is 0.0612. The minimum atomic E-state index is -0.354. The molecule has 0 spiro atoms. The Morgan fingerprint density at radius 1 is 1.39 bits per heavy atom. The fourth-order valence-corrected chi connectivity index (χ4v) is 1.64. The molecule has 92 valence electrons. The van der Waals surface area contributed by atoms with E-state index in [9.17, 15) is 4.79 Å². The number of hydrogen-bond donors (Lipinski definition) is 3. The van der Waals surface area contributed by atoms with Crippen LogP contribution in [-0.2, 0) is 6.54 Å². The van der Waals surface area contributed by atoms with Gasteiger partial charge in [-0.2, -0.15) is 14.7 Å². The zero-order chi connectivity index (χ0) is 12.5. The molecule has 18 heavy (non-hydrogen) atoms. The fourth-order valence-electron chi connectivity index (χ4n) is 1.64. The summed E-state index contributed by atoms with van der Waals surface area (Å²) in [4.78, 5) is 11.4. The monoisotopic (exact) mass is 245 g/mol. The van der Waals surface area contributed by atoms with Crippen LogP contribution in [0.3, 0.4) is 0 Å². The van der Waals surface area contributed by atoms with Crippen LogP contribution in [0.4, 0.5) is 5.82 Å². The van der Waals surface area contributed by atoms with Gasteiger partial charge in [-0.05, 0) is 19.1 Å². The van der Waals surface area contributed by atoms with Gasteiger partial charge in [0.15, 0.2) is 5.65 Å². The molecular formula is C10H11N7O. The van der Waals surface area contributed by atoms with Crippen molar-refractivity contribution in [2.45, 2.75) is 13.5 Å². The average Bonchev–Trinajstić information content (AvgIpc) is 2.94. The fraction of sp³-hybridized carbons (Fsp3) is 0.200. The van der Waals surface area contributed by atoms with Gasteiger partial charge in [-0.15, -0.1) is 5.10 Å². The molecule has 0 aliphatic rings. The Morgan fingerprint density at radius 2 is 2.28 bits per heavy atom. The van der Waals surface area contributed by atoms with Crippen LogP contribution < -0.4 is 11.0 Å². The Kier molecular flexibility index (Phi) is 2.33. The van der Waals surface area contributed by atoms with Crippen molar-refractivity contribution in [1.29, 1.82) is 0 Å². The average molecular weight is 245 g/mol. The van der Waals surface area contributed by atoms with Crippen molar-refractivity contribution in [3.63, 3.8) is 0 Å². The van der Waals surface area contributed by atoms with E-state index < -0.39 is 0 Å². The molecule has 0 fully saturated rings. The summed E-state index contributed by atoms with van der Waals surface area (Å²) in [6.07, 6.45) is 1.75. The first-order valence-corrected chi connectivity index (χ1v) is 5.41. The molecule has 0 radical (unpaired) electrons. The summed E-state index contributed by atoms with van der Waals surface area (Å²) < 4.78 is 1.21. The smallest absolute Gasteiger partial charge is 0.364 e. The number of aromatic nitrogens is 6. The molecule has 3 aromatic rings. The van der Waals surface area contributed by atoms with Gasteiger partial charge in [-0.25, -0.2) is 9.89 Å². The van der Waals surface area contributed by atoms with Crippen molar-refractivity contribution in [2.75, 3.05) is 5.32 Å². The number of nitrogens with one attached hydrogen (secondary N) is 3. The molecule has 8 heteroatoms. The van der Waals surface area contributed by atoms with Gasteiger partial charge < -0.3 is 5.32 Å². The van der Waals surface area contributed by atoms with E-state index in [-0.39, 0.29) is 5.69 Å². The summed E-state index contributed by atoms with van der Waals surface area (Å²) in [5.41, 5.74) is 2.19. The van der Waals surface area contributed by atoms with Gasteiger partial charge in [-0.3, -0.25) is 5.10 Å². The summed E-state index contributed by atoms with van der Waals surface area (Å²) in [6.45, 7) is 2.54. The highest BCUT2D eigenvalue weighted by Crippen LogP contribution is 2.07. The zero-order valence-corrected chi connectivity index (χ0v) is 9.64. The van der Waals surface area contributed by atoms with Gasteiger partial charge in [0.2, 0.25) is 0 Å². The van der Waals surface area contributed by atoms with Gasteiger partial charge in [-0.1, -0.05) is 0 Å². The maximum absolute atomic E-state index is 11.4. The number of aromatic amines is 2. The highest BCUT2D eigenvalue weighted by Gasteiger charge is 2.04. The van der Waals surface area contributed by atoms with E-state index in [0.717, 1.165) is 11.3 Å². The molecule has 0 bridgehead atoms. The quantitative estimate of drug-likeness (QED) is 0.605. The molecule has 0 aromatic carbocycles. The van der Waals surface area contributed by atoms with Crippen molar-refractivity contribution in [1.82, 2.24) is 30.0 Å². The standard InChI is InChI=1S/C10H11N7O/c1-6-7(5-12-13-6)4-11-8-2-3-9-14-15-10(18)17(9)16-8/h2-3,5H,4H2,1H3,(H,11,16)(H,12,13)(H,15,18). The van der Waals surface area contributed by atoms with Gasteiger partial charge in [0.05, 0.1) is 6.20 Å². The van der Waals surface area contributed by atoms with E-state index in [2.05, 4.69) is 30.8 Å². The predicted molar refractivity (Wildman–Crippen MR) is 64.3 cm³/mol. The number of rotatable bonds is 3. The van der Waals surface area contributed by atoms with Gasteiger partial charge in [0.25, 0.3) is 0 Å². The number of fused-ring (bicyclic) bond motifs is 1. The van der Waals surface area contributed by atoms with Crippen LogP contribution >= 0.6 is 0 Å². The zero-order valence-electron chi connectivity index (χ0n) is 9.64. The minimum Gasteiger partial charge on any atom is -0.364 e. The van der Waals surface area contributed by atoms with Crippen molar-refractivity contribution in [3.8, 4) is 0 Å². The Balaban J connectivity index is 1.84. The molecule has 0 unspecified atom stereocenters. The topological polar surface area (TPSA) is 104 Å². The Hall–Kier alpha value is -2.64. The van der Waals surface area contributed by atoms with Crippen LogP contribution in [0.2, 0.25) is 0 Å². The van der Waals surface area contributed by atoms with Crippen LogP contribution in [0.15, 0.2) is 23.1 Å². The molecule has 0 amide bonds. The molecule has 0 aliphatic carbocycles. The van der Waals surface area contributed by atoms with Crippen LogP contribution in [0.5, 0.6) is 0 Å². The molecule has 3 aromatic heterocycles. The lowest BCUT2D eigenvalue weighted by atomic mass is 10.2. The van der Waals surface area contributed by atoms with Crippen molar-refractivity contribution < 1.29 is 0 Å². The van der Waals surface area contributed by atoms with Crippen LogP contribution in [0.1, 0.15) is 11.3 Å². The number of nitrogens with zero attached hydrogens (tertiary/aromatic N) is 4. The molecule has 0 saturated heterocycles. The second-order valence-electron chi connectivity index (χ2n) is 3.89. The van der Waals surface area contributed by atoms with Crippen LogP contribution in [0, 0.1) is 6.92 Å². The summed E-state index contributed by atoms with van der Waals surface area (Å²) in [5.74, 6) is 0.603. The summed E-state index contributed by atoms with van der Waals surface area (Å²) in [5, 5.41) is 20.2. The highest BCUT2D eigenvalue weighted by molar-refractivity contribution is 5.43. The maximum atomic E-state index is 11.4. The molecule has 0 saturated carbocycles. The maximum Gasteiger partial charge on any atom is 0.364 e. The van der Waals surface area contributed by atoms with E-state index in [4.69, 9.17) is 0 Å². The summed E-state index contributed by atoms with van der Waals surface area (Å²) in [6, 6.07) is 3.49. The largest absolute Gasteiger partial charge is 0.364 e. The second-order valence-corrected chi connectivity index (χ2v) is 3.89. The second kappa shape index (κ2) is 3.99. The van der Waals surface area contributed by atoms with Crippen molar-refractivity contribution in [3.05, 3.63) is 40.1 Å². The lowest BCUT2D eigenvalue weighted by Crippen LogP contribution is -2.14. The van der Waals surface area contributed by atoms with E-state index in [1.807, 2.05) is 6.92 Å². The molecule has 0 aliphatic heterocycles. The molecule has 3 N–H and O–H groups in total. The normalized spacial score (nSPS) is 10.9. The molecule has 8 nitrogen and oxygen atoms in total. The van der Waals surface area contributed by atoms with E-state index >= 15 is 0 Å².